The minimum Gasteiger partial charge on any atom is -0.441 e. The molecular weight excluding hydrogens is 354 g/mol. The summed E-state index contributed by atoms with van der Waals surface area (Å²) >= 11 is 5.99. The number of hydrogen-bond acceptors (Lipinski definition) is 4. The van der Waals surface area contributed by atoms with Crippen LogP contribution in [-0.2, 0) is 16.0 Å². The molecule has 4 rings (SSSR count). The number of carbonyl (C=O) groups excluding carboxylic acids is 2. The Kier molecular flexibility index (Phi) is 4.18. The summed E-state index contributed by atoms with van der Waals surface area (Å²) in [6, 6.07) is 5.59. The molecule has 2 heterocycles. The minimum absolute atomic E-state index is 0.00810. The average Bonchev–Trinajstić information content (AvgIpc) is 3.08. The van der Waals surface area contributed by atoms with Crippen molar-refractivity contribution < 1.29 is 14.0 Å². The summed E-state index contributed by atoms with van der Waals surface area (Å²) in [6.07, 6.45) is 2.82. The molecule has 1 atom stereocenters. The lowest BCUT2D eigenvalue weighted by molar-refractivity contribution is -0.129. The molecule has 0 bridgehead atoms. The van der Waals surface area contributed by atoms with Crippen LogP contribution in [0.1, 0.15) is 32.1 Å². The van der Waals surface area contributed by atoms with E-state index in [2.05, 4.69) is 17.2 Å². The summed E-state index contributed by atoms with van der Waals surface area (Å²) in [7, 11) is 1.74. The zero-order valence-corrected chi connectivity index (χ0v) is 15.7. The first-order valence-electron chi connectivity index (χ1n) is 8.91. The van der Waals surface area contributed by atoms with Crippen molar-refractivity contribution in [3.8, 4) is 0 Å². The normalized spacial score (nSPS) is 28.4. The first kappa shape index (κ1) is 17.3. The molecule has 1 aliphatic carbocycles. The number of nitrogens with one attached hydrogen (secondary N) is 1. The SMILES string of the molecule is CN1C[C@H](C(=O)NC2CC(C)(Cc3nc4cc(Cl)ccc4o3)C2)CC1=O. The Morgan fingerprint density at radius 2 is 2.23 bits per heavy atom. The predicted octanol–water partition coefficient (Wildman–Crippen LogP) is 2.79. The molecule has 1 aromatic carbocycles. The van der Waals surface area contributed by atoms with Crippen molar-refractivity contribution in [2.45, 2.75) is 38.6 Å². The molecule has 1 saturated heterocycles. The van der Waals surface area contributed by atoms with Gasteiger partial charge >= 0.3 is 0 Å². The fourth-order valence-electron chi connectivity index (χ4n) is 4.12. The second-order valence-corrected chi connectivity index (χ2v) is 8.43. The molecule has 1 aromatic heterocycles. The second kappa shape index (κ2) is 6.27. The molecule has 138 valence electrons. The Morgan fingerprint density at radius 3 is 2.92 bits per heavy atom. The lowest BCUT2D eigenvalue weighted by atomic mass is 9.65. The van der Waals surface area contributed by atoms with Gasteiger partial charge < -0.3 is 14.6 Å². The van der Waals surface area contributed by atoms with Gasteiger partial charge in [-0.1, -0.05) is 18.5 Å². The Labute approximate surface area is 156 Å². The Hall–Kier alpha value is -2.08. The van der Waals surface area contributed by atoms with Crippen LogP contribution in [0.25, 0.3) is 11.1 Å². The largest absolute Gasteiger partial charge is 0.441 e. The summed E-state index contributed by atoms with van der Waals surface area (Å²) in [4.78, 5) is 30.0. The van der Waals surface area contributed by atoms with Crippen LogP contribution in [0.3, 0.4) is 0 Å². The van der Waals surface area contributed by atoms with Gasteiger partial charge in [-0.3, -0.25) is 9.59 Å². The molecule has 2 aliphatic rings. The van der Waals surface area contributed by atoms with Crippen LogP contribution in [0, 0.1) is 11.3 Å². The van der Waals surface area contributed by atoms with E-state index in [1.54, 1.807) is 24.1 Å². The standard InChI is InChI=1S/C19H22ClN3O3/c1-19(9-16-22-14-6-12(20)3-4-15(14)26-16)7-13(8-19)21-18(25)11-5-17(24)23(2)10-11/h3-4,6,11,13H,5,7-10H2,1-2H3,(H,21,25)/t11-,13?,19?/m1/s1. The molecule has 0 spiro atoms. The van der Waals surface area contributed by atoms with Gasteiger partial charge in [-0.25, -0.2) is 4.98 Å². The van der Waals surface area contributed by atoms with E-state index in [1.165, 1.54) is 0 Å². The van der Waals surface area contributed by atoms with Crippen LogP contribution in [0.15, 0.2) is 22.6 Å². The highest BCUT2D eigenvalue weighted by Crippen LogP contribution is 2.43. The average molecular weight is 376 g/mol. The van der Waals surface area contributed by atoms with Crippen LogP contribution in [0.2, 0.25) is 5.02 Å². The van der Waals surface area contributed by atoms with Crippen LogP contribution in [-0.4, -0.2) is 41.3 Å². The van der Waals surface area contributed by atoms with Gasteiger partial charge in [0, 0.05) is 37.5 Å². The third-order valence-corrected chi connectivity index (χ3v) is 5.74. The maximum atomic E-state index is 12.3. The summed E-state index contributed by atoms with van der Waals surface area (Å²) in [5.41, 5.74) is 1.58. The van der Waals surface area contributed by atoms with Crippen molar-refractivity contribution >= 4 is 34.5 Å². The van der Waals surface area contributed by atoms with Crippen molar-refractivity contribution in [2.24, 2.45) is 11.3 Å². The van der Waals surface area contributed by atoms with Gasteiger partial charge in [0.2, 0.25) is 11.8 Å². The zero-order valence-electron chi connectivity index (χ0n) is 14.9. The minimum atomic E-state index is -0.221. The van der Waals surface area contributed by atoms with Gasteiger partial charge in [0.25, 0.3) is 0 Å². The maximum absolute atomic E-state index is 12.3. The fraction of sp³-hybridized carbons (Fsp3) is 0.526. The topological polar surface area (TPSA) is 75.4 Å². The van der Waals surface area contributed by atoms with E-state index in [9.17, 15) is 9.59 Å². The van der Waals surface area contributed by atoms with Crippen LogP contribution < -0.4 is 5.32 Å². The van der Waals surface area contributed by atoms with Gasteiger partial charge in [0.05, 0.1) is 5.92 Å². The second-order valence-electron chi connectivity index (χ2n) is 8.00. The first-order valence-corrected chi connectivity index (χ1v) is 9.28. The number of benzene rings is 1. The lowest BCUT2D eigenvalue weighted by Crippen LogP contribution is -2.52. The Bertz CT molecular complexity index is 872. The van der Waals surface area contributed by atoms with Crippen molar-refractivity contribution in [2.75, 3.05) is 13.6 Å². The van der Waals surface area contributed by atoms with E-state index in [1.807, 2.05) is 6.07 Å². The molecule has 2 amide bonds. The molecule has 2 fully saturated rings. The van der Waals surface area contributed by atoms with Gasteiger partial charge in [-0.15, -0.1) is 0 Å². The summed E-state index contributed by atoms with van der Waals surface area (Å²) in [5, 5.41) is 3.73. The number of nitrogens with zero attached hydrogens (tertiary/aromatic N) is 2. The van der Waals surface area contributed by atoms with E-state index < -0.39 is 0 Å². The van der Waals surface area contributed by atoms with Gasteiger partial charge in [0.1, 0.15) is 5.52 Å². The summed E-state index contributed by atoms with van der Waals surface area (Å²) < 4.78 is 5.82. The van der Waals surface area contributed by atoms with Crippen molar-refractivity contribution in [3.63, 3.8) is 0 Å². The van der Waals surface area contributed by atoms with Crippen LogP contribution in [0.4, 0.5) is 0 Å². The van der Waals surface area contributed by atoms with Gasteiger partial charge in [-0.2, -0.15) is 0 Å². The smallest absolute Gasteiger partial charge is 0.225 e. The molecular formula is C19H22ClN3O3. The number of rotatable bonds is 4. The third kappa shape index (κ3) is 3.30. The molecule has 0 radical (unpaired) electrons. The first-order chi connectivity index (χ1) is 12.3. The van der Waals surface area contributed by atoms with Crippen molar-refractivity contribution in [1.29, 1.82) is 0 Å². The Morgan fingerprint density at radius 1 is 1.46 bits per heavy atom. The highest BCUT2D eigenvalue weighted by molar-refractivity contribution is 6.31. The number of fused-ring (bicyclic) bond motifs is 1. The van der Waals surface area contributed by atoms with Gasteiger partial charge in [-0.05, 0) is 36.5 Å². The van der Waals surface area contributed by atoms with Crippen LogP contribution >= 0.6 is 11.6 Å². The molecule has 7 heteroatoms. The molecule has 1 aliphatic heterocycles. The molecule has 6 nitrogen and oxygen atoms in total. The van der Waals surface area contributed by atoms with E-state index in [0.717, 1.165) is 30.4 Å². The Balaban J connectivity index is 1.32. The van der Waals surface area contributed by atoms with Crippen LogP contribution in [0.5, 0.6) is 0 Å². The molecule has 2 aromatic rings. The zero-order chi connectivity index (χ0) is 18.5. The lowest BCUT2D eigenvalue weighted by Gasteiger charge is -2.45. The molecule has 0 unspecified atom stereocenters. The molecule has 1 saturated carbocycles. The van der Waals surface area contributed by atoms with E-state index in [0.29, 0.717) is 23.9 Å². The highest BCUT2D eigenvalue weighted by atomic mass is 35.5. The van der Waals surface area contributed by atoms with Gasteiger partial charge in [0.15, 0.2) is 11.5 Å². The maximum Gasteiger partial charge on any atom is 0.225 e. The third-order valence-electron chi connectivity index (χ3n) is 5.51. The van der Waals surface area contributed by atoms with Crippen molar-refractivity contribution in [3.05, 3.63) is 29.1 Å². The number of aromatic nitrogens is 1. The predicted molar refractivity (Wildman–Crippen MR) is 97.7 cm³/mol. The van der Waals surface area contributed by atoms with E-state index in [-0.39, 0.29) is 29.2 Å². The monoisotopic (exact) mass is 375 g/mol. The number of oxazole rings is 1. The highest BCUT2D eigenvalue weighted by Gasteiger charge is 2.43. The summed E-state index contributed by atoms with van der Waals surface area (Å²) in [6.45, 7) is 2.70. The number of amides is 2. The number of hydrogen-bond donors (Lipinski definition) is 1. The van der Waals surface area contributed by atoms with E-state index >= 15 is 0 Å². The fourth-order valence-corrected chi connectivity index (χ4v) is 4.29. The molecule has 26 heavy (non-hydrogen) atoms. The number of halogens is 1. The molecule has 1 N–H and O–H groups in total. The number of carbonyl (C=O) groups is 2. The number of likely N-dealkylation sites (tertiary alicyclic amines) is 1. The quantitative estimate of drug-likeness (QED) is 0.891. The summed E-state index contributed by atoms with van der Waals surface area (Å²) in [5.74, 6) is 0.518. The van der Waals surface area contributed by atoms with Crippen molar-refractivity contribution in [1.82, 2.24) is 15.2 Å². The van der Waals surface area contributed by atoms with E-state index in [4.69, 9.17) is 16.0 Å².